The molecule has 0 spiro atoms. The average molecular weight is 363 g/mol. The molecule has 27 heavy (non-hydrogen) atoms. The maximum absolute atomic E-state index is 5.97. The Hall–Kier alpha value is -2.86. The van der Waals surface area contributed by atoms with Gasteiger partial charge in [-0.2, -0.15) is 0 Å². The highest BCUT2D eigenvalue weighted by Gasteiger charge is 2.15. The van der Waals surface area contributed by atoms with E-state index in [-0.39, 0.29) is 0 Å². The summed E-state index contributed by atoms with van der Waals surface area (Å²) >= 11 is 0. The zero-order chi connectivity index (χ0) is 18.1. The van der Waals surface area contributed by atoms with Gasteiger partial charge in [0.1, 0.15) is 11.3 Å². The number of para-hydroxylation sites is 1. The minimum atomic E-state index is 0.602. The van der Waals surface area contributed by atoms with Gasteiger partial charge in [-0.1, -0.05) is 18.2 Å². The molecule has 0 bridgehead atoms. The number of nitrogens with zero attached hydrogens (tertiary/aromatic N) is 3. The monoisotopic (exact) mass is 363 g/mol. The molecule has 1 saturated heterocycles. The summed E-state index contributed by atoms with van der Waals surface area (Å²) < 4.78 is 19.1. The summed E-state index contributed by atoms with van der Waals surface area (Å²) in [6, 6.07) is 13.8. The molecule has 4 heterocycles. The van der Waals surface area contributed by atoms with Crippen molar-refractivity contribution in [3.05, 3.63) is 48.7 Å². The zero-order valence-electron chi connectivity index (χ0n) is 15.0. The zero-order valence-corrected chi connectivity index (χ0v) is 15.0. The third-order valence-electron chi connectivity index (χ3n) is 5.13. The summed E-state index contributed by atoms with van der Waals surface area (Å²) in [5, 5.41) is 5.67. The van der Waals surface area contributed by atoms with Crippen LogP contribution in [0, 0.1) is 5.92 Å². The van der Waals surface area contributed by atoms with E-state index in [2.05, 4.69) is 10.1 Å². The van der Waals surface area contributed by atoms with Crippen molar-refractivity contribution in [3.63, 3.8) is 0 Å². The fraction of sp³-hybridized carbons (Fsp3) is 0.333. The SMILES string of the molecule is c1ccc2oc(-c3cnc4ccc(OCCC5CCOCC5)nn34)cc2c1. The van der Waals surface area contributed by atoms with Gasteiger partial charge in [0.2, 0.25) is 5.88 Å². The van der Waals surface area contributed by atoms with Crippen LogP contribution in [0.4, 0.5) is 0 Å². The van der Waals surface area contributed by atoms with E-state index >= 15 is 0 Å². The lowest BCUT2D eigenvalue weighted by Crippen LogP contribution is -2.18. The van der Waals surface area contributed by atoms with Gasteiger partial charge in [-0.25, -0.2) is 9.50 Å². The number of hydrogen-bond donors (Lipinski definition) is 0. The molecule has 6 nitrogen and oxygen atoms in total. The molecule has 4 aromatic rings. The summed E-state index contributed by atoms with van der Waals surface area (Å²) in [6.07, 6.45) is 5.05. The van der Waals surface area contributed by atoms with Crippen molar-refractivity contribution in [3.8, 4) is 17.3 Å². The van der Waals surface area contributed by atoms with E-state index in [4.69, 9.17) is 13.9 Å². The van der Waals surface area contributed by atoms with Crippen molar-refractivity contribution in [1.82, 2.24) is 14.6 Å². The van der Waals surface area contributed by atoms with Crippen LogP contribution in [0.1, 0.15) is 19.3 Å². The minimum absolute atomic E-state index is 0.602. The number of furan rings is 1. The Balaban J connectivity index is 1.37. The number of imidazole rings is 1. The van der Waals surface area contributed by atoms with Crippen LogP contribution in [0.2, 0.25) is 0 Å². The van der Waals surface area contributed by atoms with Crippen molar-refractivity contribution in [2.75, 3.05) is 19.8 Å². The predicted molar refractivity (Wildman–Crippen MR) is 102 cm³/mol. The van der Waals surface area contributed by atoms with Gasteiger partial charge in [-0.3, -0.25) is 0 Å². The lowest BCUT2D eigenvalue weighted by atomic mass is 9.97. The summed E-state index contributed by atoms with van der Waals surface area (Å²) in [7, 11) is 0. The molecule has 3 aromatic heterocycles. The van der Waals surface area contributed by atoms with E-state index in [1.54, 1.807) is 10.7 Å². The maximum Gasteiger partial charge on any atom is 0.231 e. The maximum atomic E-state index is 5.97. The van der Waals surface area contributed by atoms with Crippen LogP contribution >= 0.6 is 0 Å². The van der Waals surface area contributed by atoms with Gasteiger partial charge in [-0.05, 0) is 43.4 Å². The summed E-state index contributed by atoms with van der Waals surface area (Å²) in [5.74, 6) is 2.03. The Morgan fingerprint density at radius 1 is 1.11 bits per heavy atom. The quantitative estimate of drug-likeness (QED) is 0.528. The van der Waals surface area contributed by atoms with Gasteiger partial charge in [-0.15, -0.1) is 5.10 Å². The number of aromatic nitrogens is 3. The number of hydrogen-bond acceptors (Lipinski definition) is 5. The van der Waals surface area contributed by atoms with Gasteiger partial charge in [0.15, 0.2) is 11.4 Å². The standard InChI is InChI=1S/C21H21N3O3/c1-2-4-18-16(3-1)13-19(27-18)17-14-22-20-5-6-21(23-24(17)20)26-12-9-15-7-10-25-11-8-15/h1-6,13-15H,7-12H2. The average Bonchev–Trinajstić information content (AvgIpc) is 3.32. The summed E-state index contributed by atoms with van der Waals surface area (Å²) in [6.45, 7) is 2.40. The van der Waals surface area contributed by atoms with E-state index in [0.29, 0.717) is 18.4 Å². The minimum Gasteiger partial charge on any atom is -0.477 e. The normalized spacial score (nSPS) is 15.6. The predicted octanol–water partition coefficient (Wildman–Crippen LogP) is 4.34. The molecule has 0 atom stereocenters. The molecule has 1 aliphatic rings. The highest BCUT2D eigenvalue weighted by molar-refractivity contribution is 5.82. The van der Waals surface area contributed by atoms with Crippen molar-refractivity contribution < 1.29 is 13.9 Å². The van der Waals surface area contributed by atoms with Gasteiger partial charge in [0.25, 0.3) is 0 Å². The number of ether oxygens (including phenoxy) is 2. The van der Waals surface area contributed by atoms with Crippen LogP contribution in [-0.2, 0) is 4.74 Å². The largest absolute Gasteiger partial charge is 0.477 e. The molecule has 1 aromatic carbocycles. The van der Waals surface area contributed by atoms with Crippen LogP contribution < -0.4 is 4.74 Å². The molecule has 0 unspecified atom stereocenters. The first-order valence-electron chi connectivity index (χ1n) is 9.41. The third kappa shape index (κ3) is 3.28. The Morgan fingerprint density at radius 3 is 2.89 bits per heavy atom. The van der Waals surface area contributed by atoms with Gasteiger partial charge < -0.3 is 13.9 Å². The van der Waals surface area contributed by atoms with Gasteiger partial charge in [0.05, 0.1) is 12.8 Å². The van der Waals surface area contributed by atoms with Gasteiger partial charge in [0, 0.05) is 24.7 Å². The second kappa shape index (κ2) is 7.04. The molecule has 0 amide bonds. The summed E-state index contributed by atoms with van der Waals surface area (Å²) in [4.78, 5) is 4.43. The van der Waals surface area contributed by atoms with E-state index in [9.17, 15) is 0 Å². The molecular weight excluding hydrogens is 342 g/mol. The van der Waals surface area contributed by atoms with E-state index < -0.39 is 0 Å². The molecule has 0 radical (unpaired) electrons. The van der Waals surface area contributed by atoms with E-state index in [1.165, 1.54) is 0 Å². The highest BCUT2D eigenvalue weighted by Crippen LogP contribution is 2.28. The third-order valence-corrected chi connectivity index (χ3v) is 5.13. The molecular formula is C21H21N3O3. The van der Waals surface area contributed by atoms with Crippen molar-refractivity contribution in [1.29, 1.82) is 0 Å². The topological polar surface area (TPSA) is 61.8 Å². The first kappa shape index (κ1) is 16.3. The molecule has 0 saturated carbocycles. The molecule has 138 valence electrons. The number of rotatable bonds is 5. The van der Waals surface area contributed by atoms with Gasteiger partial charge >= 0.3 is 0 Å². The van der Waals surface area contributed by atoms with Crippen LogP contribution in [0.5, 0.6) is 5.88 Å². The Morgan fingerprint density at radius 2 is 2.00 bits per heavy atom. The molecule has 5 rings (SSSR count). The fourth-order valence-electron chi connectivity index (χ4n) is 3.57. The van der Waals surface area contributed by atoms with Crippen LogP contribution in [0.15, 0.2) is 53.1 Å². The Labute approximate surface area is 156 Å². The Kier molecular flexibility index (Phi) is 4.26. The number of fused-ring (bicyclic) bond motifs is 2. The molecule has 1 aliphatic heterocycles. The molecule has 0 aliphatic carbocycles. The second-order valence-electron chi connectivity index (χ2n) is 6.93. The van der Waals surface area contributed by atoms with Crippen molar-refractivity contribution in [2.45, 2.75) is 19.3 Å². The van der Waals surface area contributed by atoms with E-state index in [0.717, 1.165) is 60.5 Å². The smallest absolute Gasteiger partial charge is 0.231 e. The Bertz CT molecular complexity index is 1030. The summed E-state index contributed by atoms with van der Waals surface area (Å²) in [5.41, 5.74) is 2.43. The van der Waals surface area contributed by atoms with Crippen LogP contribution in [0.3, 0.4) is 0 Å². The van der Waals surface area contributed by atoms with Crippen molar-refractivity contribution >= 4 is 16.6 Å². The van der Waals surface area contributed by atoms with Crippen molar-refractivity contribution in [2.24, 2.45) is 5.92 Å². The first-order chi connectivity index (χ1) is 13.4. The van der Waals surface area contributed by atoms with Crippen LogP contribution in [-0.4, -0.2) is 34.4 Å². The van der Waals surface area contributed by atoms with E-state index in [1.807, 2.05) is 42.5 Å². The fourth-order valence-corrected chi connectivity index (χ4v) is 3.57. The number of benzene rings is 1. The second-order valence-corrected chi connectivity index (χ2v) is 6.93. The molecule has 1 fully saturated rings. The lowest BCUT2D eigenvalue weighted by molar-refractivity contribution is 0.0591. The first-order valence-corrected chi connectivity index (χ1v) is 9.41. The van der Waals surface area contributed by atoms with Crippen LogP contribution in [0.25, 0.3) is 28.1 Å². The lowest BCUT2D eigenvalue weighted by Gasteiger charge is -2.21. The molecule has 6 heteroatoms. The molecule has 0 N–H and O–H groups in total. The highest BCUT2D eigenvalue weighted by atomic mass is 16.5.